The number of hydrogen-bond acceptors (Lipinski definition) is 6. The molecule has 4 aromatic rings. The lowest BCUT2D eigenvalue weighted by Crippen LogP contribution is -2.19. The van der Waals surface area contributed by atoms with Gasteiger partial charge < -0.3 is 15.2 Å². The van der Waals surface area contributed by atoms with Crippen LogP contribution in [0.25, 0.3) is 21.3 Å². The molecular weight excluding hydrogens is 396 g/mol. The van der Waals surface area contributed by atoms with E-state index in [1.165, 1.54) is 11.1 Å². The van der Waals surface area contributed by atoms with E-state index < -0.39 is 0 Å². The average Bonchev–Trinajstić information content (AvgIpc) is 3.37. The van der Waals surface area contributed by atoms with Crippen LogP contribution in [0.5, 0.6) is 11.5 Å². The number of thiazole rings is 1. The highest BCUT2D eigenvalue weighted by atomic mass is 32.1. The number of nitrogens with one attached hydrogen (secondary N) is 1. The van der Waals surface area contributed by atoms with Crippen molar-refractivity contribution in [2.24, 2.45) is 5.73 Å². The Hall–Kier alpha value is -2.90. The summed E-state index contributed by atoms with van der Waals surface area (Å²) < 4.78 is 13.1. The minimum atomic E-state index is 0.234. The van der Waals surface area contributed by atoms with E-state index in [-0.39, 0.29) is 5.92 Å². The predicted octanol–water partition coefficient (Wildman–Crippen LogP) is 4.36. The SMILES string of the molecule is Cc1ccc2c(c1)CC(c1nc3c(OCCN)cc(-c4cn[nH]c4C)cc3s1)CO2. The van der Waals surface area contributed by atoms with E-state index in [1.807, 2.05) is 19.2 Å². The second-order valence-electron chi connectivity index (χ2n) is 7.74. The molecule has 6 nitrogen and oxygen atoms in total. The lowest BCUT2D eigenvalue weighted by Gasteiger charge is -2.24. The Balaban J connectivity index is 1.55. The van der Waals surface area contributed by atoms with Gasteiger partial charge in [0.25, 0.3) is 0 Å². The number of aromatic amines is 1. The van der Waals surface area contributed by atoms with Gasteiger partial charge in [-0.1, -0.05) is 17.7 Å². The second kappa shape index (κ2) is 7.74. The van der Waals surface area contributed by atoms with Crippen LogP contribution in [0.15, 0.2) is 36.5 Å². The number of benzene rings is 2. The zero-order chi connectivity index (χ0) is 20.7. The molecule has 0 bridgehead atoms. The molecule has 1 aliphatic heterocycles. The van der Waals surface area contributed by atoms with Crippen LogP contribution in [0.3, 0.4) is 0 Å². The third-order valence-corrected chi connectivity index (χ3v) is 6.63. The summed E-state index contributed by atoms with van der Waals surface area (Å²) in [5.74, 6) is 1.99. The Morgan fingerprint density at radius 3 is 2.97 bits per heavy atom. The average molecular weight is 421 g/mol. The lowest BCUT2D eigenvalue weighted by atomic mass is 9.96. The standard InChI is InChI=1S/C23H24N4O2S/c1-13-3-4-19-16(7-13)8-17(12-29-19)23-26-22-20(28-6-5-24)9-15(10-21(22)30-23)18-11-25-27-14(18)2/h3-4,7,9-11,17H,5-6,8,12,24H2,1-2H3,(H,25,27). The highest BCUT2D eigenvalue weighted by Gasteiger charge is 2.25. The highest BCUT2D eigenvalue weighted by Crippen LogP contribution is 2.40. The molecule has 1 aliphatic rings. The molecule has 0 fully saturated rings. The Morgan fingerprint density at radius 2 is 2.17 bits per heavy atom. The van der Waals surface area contributed by atoms with E-state index in [9.17, 15) is 0 Å². The van der Waals surface area contributed by atoms with Crippen LogP contribution in [-0.2, 0) is 6.42 Å². The topological polar surface area (TPSA) is 86.0 Å². The van der Waals surface area contributed by atoms with Gasteiger partial charge in [-0.3, -0.25) is 5.10 Å². The number of nitrogens with zero attached hydrogens (tertiary/aromatic N) is 2. The summed E-state index contributed by atoms with van der Waals surface area (Å²) >= 11 is 1.71. The molecular formula is C23H24N4O2S. The molecule has 1 atom stereocenters. The Labute approximate surface area is 179 Å². The fourth-order valence-electron chi connectivity index (χ4n) is 3.95. The number of aryl methyl sites for hydroxylation is 2. The van der Waals surface area contributed by atoms with Crippen molar-refractivity contribution in [2.75, 3.05) is 19.8 Å². The van der Waals surface area contributed by atoms with Gasteiger partial charge in [0.05, 0.1) is 17.5 Å². The van der Waals surface area contributed by atoms with Gasteiger partial charge in [0.2, 0.25) is 0 Å². The summed E-state index contributed by atoms with van der Waals surface area (Å²) in [4.78, 5) is 4.98. The van der Waals surface area contributed by atoms with Crippen molar-refractivity contribution in [2.45, 2.75) is 26.2 Å². The van der Waals surface area contributed by atoms with Crippen LogP contribution in [0.4, 0.5) is 0 Å². The third kappa shape index (κ3) is 3.44. The number of H-pyrrole nitrogens is 1. The normalized spacial score (nSPS) is 15.8. The molecule has 3 heterocycles. The van der Waals surface area contributed by atoms with Crippen molar-refractivity contribution < 1.29 is 9.47 Å². The largest absolute Gasteiger partial charge is 0.493 e. The van der Waals surface area contributed by atoms with Crippen LogP contribution in [-0.4, -0.2) is 34.9 Å². The van der Waals surface area contributed by atoms with Crippen molar-refractivity contribution in [3.8, 4) is 22.6 Å². The Bertz CT molecular complexity index is 1210. The molecule has 2 aromatic heterocycles. The van der Waals surface area contributed by atoms with Gasteiger partial charge in [0, 0.05) is 23.7 Å². The van der Waals surface area contributed by atoms with E-state index >= 15 is 0 Å². The number of rotatable bonds is 5. The first-order valence-corrected chi connectivity index (χ1v) is 10.9. The van der Waals surface area contributed by atoms with Gasteiger partial charge in [-0.25, -0.2) is 4.98 Å². The van der Waals surface area contributed by atoms with E-state index in [1.54, 1.807) is 11.3 Å². The molecule has 1 unspecified atom stereocenters. The van der Waals surface area contributed by atoms with Crippen molar-refractivity contribution >= 4 is 21.6 Å². The molecule has 30 heavy (non-hydrogen) atoms. The first-order chi connectivity index (χ1) is 14.6. The van der Waals surface area contributed by atoms with Gasteiger partial charge in [0.1, 0.15) is 28.6 Å². The van der Waals surface area contributed by atoms with E-state index in [2.05, 4.69) is 41.4 Å². The minimum Gasteiger partial charge on any atom is -0.493 e. The van der Waals surface area contributed by atoms with Crippen LogP contribution in [0, 0.1) is 13.8 Å². The quantitative estimate of drug-likeness (QED) is 0.501. The second-order valence-corrected chi connectivity index (χ2v) is 8.80. The molecule has 0 saturated carbocycles. The van der Waals surface area contributed by atoms with Crippen LogP contribution < -0.4 is 15.2 Å². The fraction of sp³-hybridized carbons (Fsp3) is 0.304. The van der Waals surface area contributed by atoms with Crippen LogP contribution >= 0.6 is 11.3 Å². The molecule has 0 amide bonds. The zero-order valence-electron chi connectivity index (χ0n) is 17.1. The predicted molar refractivity (Wildman–Crippen MR) is 120 cm³/mol. The summed E-state index contributed by atoms with van der Waals surface area (Å²) in [7, 11) is 0. The highest BCUT2D eigenvalue weighted by molar-refractivity contribution is 7.18. The van der Waals surface area contributed by atoms with Gasteiger partial charge in [-0.15, -0.1) is 11.3 Å². The summed E-state index contributed by atoms with van der Waals surface area (Å²) in [5, 5.41) is 8.25. The van der Waals surface area contributed by atoms with Gasteiger partial charge in [0.15, 0.2) is 0 Å². The number of aromatic nitrogens is 3. The van der Waals surface area contributed by atoms with Crippen molar-refractivity contribution in [3.05, 3.63) is 58.4 Å². The summed E-state index contributed by atoms with van der Waals surface area (Å²) in [6, 6.07) is 10.6. The van der Waals surface area contributed by atoms with Crippen molar-refractivity contribution in [1.29, 1.82) is 0 Å². The monoisotopic (exact) mass is 420 g/mol. The third-order valence-electron chi connectivity index (χ3n) is 5.46. The summed E-state index contributed by atoms with van der Waals surface area (Å²) in [6.07, 6.45) is 2.78. The number of fused-ring (bicyclic) bond motifs is 2. The molecule has 154 valence electrons. The Kier molecular flexibility index (Phi) is 4.92. The van der Waals surface area contributed by atoms with Crippen LogP contribution in [0.2, 0.25) is 0 Å². The first-order valence-electron chi connectivity index (χ1n) is 10.1. The molecule has 0 aliphatic carbocycles. The molecule has 5 rings (SSSR count). The lowest BCUT2D eigenvalue weighted by molar-refractivity contribution is 0.262. The van der Waals surface area contributed by atoms with Gasteiger partial charge in [-0.05, 0) is 49.6 Å². The zero-order valence-corrected chi connectivity index (χ0v) is 17.9. The van der Waals surface area contributed by atoms with E-state index in [0.29, 0.717) is 19.8 Å². The molecule has 0 radical (unpaired) electrons. The number of nitrogens with two attached hydrogens (primary N) is 1. The molecule has 0 spiro atoms. The van der Waals surface area contributed by atoms with E-state index in [4.69, 9.17) is 20.2 Å². The molecule has 7 heteroatoms. The Morgan fingerprint density at radius 1 is 1.27 bits per heavy atom. The molecule has 0 saturated heterocycles. The van der Waals surface area contributed by atoms with Gasteiger partial charge >= 0.3 is 0 Å². The van der Waals surface area contributed by atoms with Crippen LogP contribution in [0.1, 0.15) is 27.7 Å². The first kappa shape index (κ1) is 19.1. The summed E-state index contributed by atoms with van der Waals surface area (Å²) in [5.41, 5.74) is 12.2. The van der Waals surface area contributed by atoms with E-state index in [0.717, 1.165) is 50.0 Å². The number of ether oxygens (including phenoxy) is 2. The molecule has 3 N–H and O–H groups in total. The maximum Gasteiger partial charge on any atom is 0.147 e. The smallest absolute Gasteiger partial charge is 0.147 e. The maximum absolute atomic E-state index is 6.04. The van der Waals surface area contributed by atoms with Crippen molar-refractivity contribution in [1.82, 2.24) is 15.2 Å². The van der Waals surface area contributed by atoms with Gasteiger partial charge in [-0.2, -0.15) is 5.10 Å². The maximum atomic E-state index is 6.04. The van der Waals surface area contributed by atoms with Crippen molar-refractivity contribution in [3.63, 3.8) is 0 Å². The number of hydrogen-bond donors (Lipinski definition) is 2. The molecule has 2 aromatic carbocycles. The fourth-order valence-corrected chi connectivity index (χ4v) is 5.06. The summed E-state index contributed by atoms with van der Waals surface area (Å²) in [6.45, 7) is 5.68. The minimum absolute atomic E-state index is 0.234.